The second kappa shape index (κ2) is 6.97. The van der Waals surface area contributed by atoms with Crippen LogP contribution in [0.1, 0.15) is 20.8 Å². The third-order valence-electron chi connectivity index (χ3n) is 2.58. The number of hydrogen-bond donors (Lipinski definition) is 2. The molecule has 1 aromatic carbocycles. The molecular formula is C15H11F2NO2S. The standard InChI is InChI=1S/C15H11F2NO2S/c16-12-4-1-5-13(17)14(12)15(20)18-8-11-7-10(9-21-11)3-2-6-19/h1,4-5,7,9,19H,6,8H2,(H,18,20). The highest BCUT2D eigenvalue weighted by Crippen LogP contribution is 2.15. The van der Waals surface area contributed by atoms with Crippen LogP contribution in [0.3, 0.4) is 0 Å². The Kier molecular flexibility index (Phi) is 5.04. The normalized spacial score (nSPS) is 9.86. The number of aliphatic hydroxyl groups is 1. The summed E-state index contributed by atoms with van der Waals surface area (Å²) in [7, 11) is 0. The molecule has 108 valence electrons. The lowest BCUT2D eigenvalue weighted by atomic mass is 10.2. The highest BCUT2D eigenvalue weighted by Gasteiger charge is 2.16. The molecule has 2 aromatic rings. The SMILES string of the molecule is O=C(NCc1cc(C#CCO)cs1)c1c(F)cccc1F. The maximum Gasteiger partial charge on any atom is 0.257 e. The predicted molar refractivity (Wildman–Crippen MR) is 75.8 cm³/mol. The molecule has 0 spiro atoms. The van der Waals surface area contributed by atoms with Crippen molar-refractivity contribution >= 4 is 17.2 Å². The van der Waals surface area contributed by atoms with E-state index in [2.05, 4.69) is 17.2 Å². The summed E-state index contributed by atoms with van der Waals surface area (Å²) in [5.74, 6) is 2.65. The molecule has 0 aliphatic rings. The summed E-state index contributed by atoms with van der Waals surface area (Å²) in [4.78, 5) is 12.6. The van der Waals surface area contributed by atoms with E-state index in [0.29, 0.717) is 0 Å². The Morgan fingerprint density at radius 3 is 2.71 bits per heavy atom. The minimum atomic E-state index is -0.895. The topological polar surface area (TPSA) is 49.3 Å². The van der Waals surface area contributed by atoms with E-state index in [4.69, 9.17) is 5.11 Å². The van der Waals surface area contributed by atoms with Crippen molar-refractivity contribution in [2.24, 2.45) is 0 Å². The van der Waals surface area contributed by atoms with E-state index in [-0.39, 0.29) is 13.2 Å². The molecule has 1 heterocycles. The van der Waals surface area contributed by atoms with Gasteiger partial charge in [-0.1, -0.05) is 17.9 Å². The van der Waals surface area contributed by atoms with Crippen molar-refractivity contribution in [2.45, 2.75) is 6.54 Å². The monoisotopic (exact) mass is 307 g/mol. The molecule has 21 heavy (non-hydrogen) atoms. The number of hydrogen-bond acceptors (Lipinski definition) is 3. The molecule has 0 aliphatic carbocycles. The van der Waals surface area contributed by atoms with E-state index in [1.807, 2.05) is 0 Å². The number of benzene rings is 1. The molecule has 0 atom stereocenters. The number of halogens is 2. The van der Waals surface area contributed by atoms with Gasteiger partial charge >= 0.3 is 0 Å². The van der Waals surface area contributed by atoms with Crippen LogP contribution < -0.4 is 5.32 Å². The minimum Gasteiger partial charge on any atom is -0.384 e. The first kappa shape index (κ1) is 15.2. The highest BCUT2D eigenvalue weighted by atomic mass is 32.1. The fourth-order valence-electron chi connectivity index (χ4n) is 1.65. The summed E-state index contributed by atoms with van der Waals surface area (Å²) < 4.78 is 26.9. The van der Waals surface area contributed by atoms with Gasteiger partial charge in [0, 0.05) is 15.8 Å². The van der Waals surface area contributed by atoms with Crippen LogP contribution in [0.15, 0.2) is 29.6 Å². The quantitative estimate of drug-likeness (QED) is 0.855. The number of amides is 1. The average molecular weight is 307 g/mol. The first-order chi connectivity index (χ1) is 10.1. The van der Waals surface area contributed by atoms with Gasteiger partial charge in [0.05, 0.1) is 6.54 Å². The van der Waals surface area contributed by atoms with Gasteiger partial charge in [-0.2, -0.15) is 0 Å². The number of nitrogens with one attached hydrogen (secondary N) is 1. The molecule has 3 nitrogen and oxygen atoms in total. The van der Waals surface area contributed by atoms with Crippen LogP contribution in [-0.4, -0.2) is 17.6 Å². The van der Waals surface area contributed by atoms with E-state index >= 15 is 0 Å². The summed E-state index contributed by atoms with van der Waals surface area (Å²) in [6.07, 6.45) is 0. The molecule has 1 amide bonds. The van der Waals surface area contributed by atoms with Crippen molar-refractivity contribution in [1.29, 1.82) is 0 Å². The van der Waals surface area contributed by atoms with E-state index < -0.39 is 23.1 Å². The van der Waals surface area contributed by atoms with Gasteiger partial charge in [-0.3, -0.25) is 4.79 Å². The summed E-state index contributed by atoms with van der Waals surface area (Å²) in [5, 5.41) is 12.8. The summed E-state index contributed by atoms with van der Waals surface area (Å²) >= 11 is 1.36. The Balaban J connectivity index is 2.03. The minimum absolute atomic E-state index is 0.151. The average Bonchev–Trinajstić information content (AvgIpc) is 2.90. The van der Waals surface area contributed by atoms with E-state index in [0.717, 1.165) is 22.6 Å². The smallest absolute Gasteiger partial charge is 0.257 e. The summed E-state index contributed by atoms with van der Waals surface area (Å²) in [5.41, 5.74) is 0.129. The van der Waals surface area contributed by atoms with Crippen molar-refractivity contribution in [1.82, 2.24) is 5.32 Å². The molecule has 0 saturated heterocycles. The Hall–Kier alpha value is -2.23. The zero-order valence-electron chi connectivity index (χ0n) is 10.8. The van der Waals surface area contributed by atoms with Crippen LogP contribution in [-0.2, 0) is 6.54 Å². The van der Waals surface area contributed by atoms with Gasteiger partial charge in [0.15, 0.2) is 0 Å². The Bertz CT molecular complexity index is 696. The second-order valence-corrected chi connectivity index (χ2v) is 5.04. The number of thiophene rings is 1. The van der Waals surface area contributed by atoms with E-state index in [1.165, 1.54) is 17.4 Å². The third kappa shape index (κ3) is 3.88. The molecular weight excluding hydrogens is 296 g/mol. The van der Waals surface area contributed by atoms with Gasteiger partial charge in [-0.25, -0.2) is 8.78 Å². The molecule has 1 aromatic heterocycles. The molecule has 0 saturated carbocycles. The molecule has 2 N–H and O–H groups in total. The van der Waals surface area contributed by atoms with Gasteiger partial charge in [0.1, 0.15) is 23.8 Å². The first-order valence-corrected chi connectivity index (χ1v) is 6.89. The maximum absolute atomic E-state index is 13.4. The van der Waals surface area contributed by atoms with E-state index in [9.17, 15) is 13.6 Å². The highest BCUT2D eigenvalue weighted by molar-refractivity contribution is 7.10. The van der Waals surface area contributed by atoms with Gasteiger partial charge in [0.25, 0.3) is 5.91 Å². The Labute approximate surface area is 124 Å². The fraction of sp³-hybridized carbons (Fsp3) is 0.133. The Morgan fingerprint density at radius 1 is 1.33 bits per heavy atom. The second-order valence-electron chi connectivity index (χ2n) is 4.04. The fourth-order valence-corrected chi connectivity index (χ4v) is 2.41. The molecule has 6 heteroatoms. The van der Waals surface area contributed by atoms with Crippen LogP contribution >= 0.6 is 11.3 Å². The van der Waals surface area contributed by atoms with Crippen molar-refractivity contribution < 1.29 is 18.7 Å². The van der Waals surface area contributed by atoms with Crippen LogP contribution in [0.5, 0.6) is 0 Å². The van der Waals surface area contributed by atoms with Gasteiger partial charge < -0.3 is 10.4 Å². The molecule has 0 aliphatic heterocycles. The third-order valence-corrected chi connectivity index (χ3v) is 3.52. The number of carbonyl (C=O) groups is 1. The summed E-state index contributed by atoms with van der Waals surface area (Å²) in [6, 6.07) is 5.01. The molecule has 0 fully saturated rings. The van der Waals surface area contributed by atoms with Crippen LogP contribution in [0.25, 0.3) is 0 Å². The van der Waals surface area contributed by atoms with Crippen molar-refractivity contribution in [2.75, 3.05) is 6.61 Å². The van der Waals surface area contributed by atoms with Crippen LogP contribution in [0, 0.1) is 23.5 Å². The lowest BCUT2D eigenvalue weighted by Crippen LogP contribution is -2.24. The maximum atomic E-state index is 13.4. The molecule has 0 bridgehead atoms. The van der Waals surface area contributed by atoms with Gasteiger partial charge in [0.2, 0.25) is 0 Å². The summed E-state index contributed by atoms with van der Waals surface area (Å²) in [6.45, 7) is -0.0768. The molecule has 0 radical (unpaired) electrons. The van der Waals surface area contributed by atoms with Crippen molar-refractivity contribution in [3.05, 3.63) is 57.3 Å². The van der Waals surface area contributed by atoms with Gasteiger partial charge in [-0.15, -0.1) is 11.3 Å². The largest absolute Gasteiger partial charge is 0.384 e. The predicted octanol–water partition coefficient (Wildman–Crippen LogP) is 2.30. The van der Waals surface area contributed by atoms with Crippen molar-refractivity contribution in [3.63, 3.8) is 0 Å². The van der Waals surface area contributed by atoms with E-state index in [1.54, 1.807) is 11.4 Å². The van der Waals surface area contributed by atoms with Crippen molar-refractivity contribution in [3.8, 4) is 11.8 Å². The molecule has 0 unspecified atom stereocenters. The number of aliphatic hydroxyl groups excluding tert-OH is 1. The zero-order valence-corrected chi connectivity index (χ0v) is 11.6. The zero-order chi connectivity index (χ0) is 15.2. The lowest BCUT2D eigenvalue weighted by Gasteiger charge is -2.05. The molecule has 2 rings (SSSR count). The Morgan fingerprint density at radius 2 is 2.05 bits per heavy atom. The number of rotatable bonds is 3. The van der Waals surface area contributed by atoms with Crippen LogP contribution in [0.4, 0.5) is 8.78 Å². The van der Waals surface area contributed by atoms with Gasteiger partial charge in [-0.05, 0) is 18.2 Å². The lowest BCUT2D eigenvalue weighted by molar-refractivity contribution is 0.0943. The number of carbonyl (C=O) groups excluding carboxylic acids is 1. The van der Waals surface area contributed by atoms with Crippen LogP contribution in [0.2, 0.25) is 0 Å². The first-order valence-electron chi connectivity index (χ1n) is 6.01.